The van der Waals surface area contributed by atoms with E-state index in [9.17, 15) is 4.79 Å². The molecule has 0 radical (unpaired) electrons. The number of aromatic nitrogens is 4. The van der Waals surface area contributed by atoms with Crippen LogP contribution in [0, 0.1) is 5.92 Å². The van der Waals surface area contributed by atoms with Crippen molar-refractivity contribution in [3.8, 4) is 0 Å². The van der Waals surface area contributed by atoms with Gasteiger partial charge in [-0.2, -0.15) is 4.52 Å². The SMILES string of the molecule is C[C@H]1CCCN(C(=O)C2Cc3ccccc3N2c2ccc3nnc(Cl)n3n2)C1. The number of halogens is 1. The number of hydrogen-bond acceptors (Lipinski definition) is 5. The van der Waals surface area contributed by atoms with Gasteiger partial charge in [-0.25, -0.2) is 0 Å². The standard InChI is InChI=1S/C20H21ClN6O/c1-13-5-4-10-25(12-13)19(28)16-11-14-6-2-3-7-15(14)26(16)18-9-8-17-22-23-20(21)27(17)24-18/h2-3,6-9,13,16H,4-5,10-12H2,1H3/t13-,16?/m0/s1. The summed E-state index contributed by atoms with van der Waals surface area (Å²) in [7, 11) is 0. The lowest BCUT2D eigenvalue weighted by atomic mass is 9.99. The van der Waals surface area contributed by atoms with Crippen LogP contribution in [0.3, 0.4) is 0 Å². The van der Waals surface area contributed by atoms with E-state index in [1.54, 1.807) is 0 Å². The molecule has 5 rings (SSSR count). The highest BCUT2D eigenvalue weighted by Crippen LogP contribution is 2.38. The molecule has 2 aliphatic rings. The third kappa shape index (κ3) is 2.81. The summed E-state index contributed by atoms with van der Waals surface area (Å²) >= 11 is 6.12. The van der Waals surface area contributed by atoms with E-state index in [1.165, 1.54) is 10.9 Å². The molecule has 2 atom stereocenters. The van der Waals surface area contributed by atoms with Gasteiger partial charge in [-0.05, 0) is 54.1 Å². The number of rotatable bonds is 2. The van der Waals surface area contributed by atoms with Gasteiger partial charge in [-0.15, -0.1) is 15.3 Å². The Labute approximate surface area is 167 Å². The molecule has 0 N–H and O–H groups in total. The molecule has 4 heterocycles. The average molecular weight is 397 g/mol. The maximum atomic E-state index is 13.5. The fourth-order valence-corrected chi connectivity index (χ4v) is 4.51. The normalized spacial score (nSPS) is 21.9. The summed E-state index contributed by atoms with van der Waals surface area (Å²) in [5.41, 5.74) is 2.75. The monoisotopic (exact) mass is 396 g/mol. The van der Waals surface area contributed by atoms with Gasteiger partial charge in [-0.3, -0.25) is 4.79 Å². The summed E-state index contributed by atoms with van der Waals surface area (Å²) in [6.45, 7) is 3.86. The number of amides is 1. The Morgan fingerprint density at radius 1 is 1.18 bits per heavy atom. The molecule has 2 aromatic heterocycles. The van der Waals surface area contributed by atoms with Crippen LogP contribution in [0.2, 0.25) is 5.28 Å². The number of carbonyl (C=O) groups is 1. The maximum absolute atomic E-state index is 13.5. The van der Waals surface area contributed by atoms with Crippen LogP contribution < -0.4 is 4.90 Å². The maximum Gasteiger partial charge on any atom is 0.246 e. The Morgan fingerprint density at radius 2 is 2.04 bits per heavy atom. The molecule has 0 bridgehead atoms. The van der Waals surface area contributed by atoms with Crippen molar-refractivity contribution >= 4 is 34.7 Å². The van der Waals surface area contributed by atoms with Crippen LogP contribution >= 0.6 is 11.6 Å². The fourth-order valence-electron chi connectivity index (χ4n) is 4.35. The summed E-state index contributed by atoms with van der Waals surface area (Å²) < 4.78 is 1.50. The van der Waals surface area contributed by atoms with Gasteiger partial charge in [0.15, 0.2) is 11.5 Å². The van der Waals surface area contributed by atoms with Crippen molar-refractivity contribution in [3.63, 3.8) is 0 Å². The van der Waals surface area contributed by atoms with Gasteiger partial charge in [0.25, 0.3) is 0 Å². The first-order valence-electron chi connectivity index (χ1n) is 9.65. The first-order chi connectivity index (χ1) is 13.6. The molecule has 0 saturated carbocycles. The number of benzene rings is 1. The molecule has 7 nitrogen and oxygen atoms in total. The quantitative estimate of drug-likeness (QED) is 0.665. The number of para-hydroxylation sites is 1. The smallest absolute Gasteiger partial charge is 0.246 e. The third-order valence-corrected chi connectivity index (χ3v) is 5.92. The summed E-state index contributed by atoms with van der Waals surface area (Å²) in [5.74, 6) is 1.38. The predicted molar refractivity (Wildman–Crippen MR) is 107 cm³/mol. The zero-order chi connectivity index (χ0) is 19.3. The van der Waals surface area contributed by atoms with E-state index in [0.29, 0.717) is 23.8 Å². The number of carbonyl (C=O) groups excluding carboxylic acids is 1. The van der Waals surface area contributed by atoms with E-state index in [1.807, 2.05) is 40.1 Å². The summed E-state index contributed by atoms with van der Waals surface area (Å²) in [6.07, 6.45) is 2.92. The summed E-state index contributed by atoms with van der Waals surface area (Å²) in [5, 5.41) is 12.7. The number of nitrogens with zero attached hydrogens (tertiary/aromatic N) is 6. The first kappa shape index (κ1) is 17.4. The zero-order valence-corrected chi connectivity index (χ0v) is 16.4. The van der Waals surface area contributed by atoms with Crippen LogP contribution in [0.4, 0.5) is 11.5 Å². The van der Waals surface area contributed by atoms with Gasteiger partial charge >= 0.3 is 0 Å². The number of fused-ring (bicyclic) bond motifs is 2. The second-order valence-corrected chi connectivity index (χ2v) is 8.02. The average Bonchev–Trinajstić information content (AvgIpc) is 3.28. The van der Waals surface area contributed by atoms with Gasteiger partial charge in [-0.1, -0.05) is 25.1 Å². The minimum absolute atomic E-state index is 0.166. The van der Waals surface area contributed by atoms with Crippen LogP contribution in [-0.4, -0.2) is 49.7 Å². The van der Waals surface area contributed by atoms with Crippen molar-refractivity contribution in [2.24, 2.45) is 5.92 Å². The lowest BCUT2D eigenvalue weighted by Gasteiger charge is -2.35. The molecule has 8 heteroatoms. The highest BCUT2D eigenvalue weighted by atomic mass is 35.5. The molecule has 144 valence electrons. The molecule has 28 heavy (non-hydrogen) atoms. The number of anilines is 2. The molecule has 0 spiro atoms. The van der Waals surface area contributed by atoms with Crippen LogP contribution in [0.15, 0.2) is 36.4 Å². The Morgan fingerprint density at radius 3 is 2.89 bits per heavy atom. The van der Waals surface area contributed by atoms with E-state index in [0.717, 1.165) is 30.8 Å². The second kappa shape index (κ2) is 6.74. The summed E-state index contributed by atoms with van der Waals surface area (Å²) in [4.78, 5) is 17.5. The van der Waals surface area contributed by atoms with Crippen molar-refractivity contribution < 1.29 is 4.79 Å². The predicted octanol–water partition coefficient (Wildman–Crippen LogP) is 3.10. The van der Waals surface area contributed by atoms with Crippen molar-refractivity contribution in [1.82, 2.24) is 24.7 Å². The number of likely N-dealkylation sites (tertiary alicyclic amines) is 1. The van der Waals surface area contributed by atoms with Gasteiger partial charge in [0.05, 0.1) is 0 Å². The molecular weight excluding hydrogens is 376 g/mol. The second-order valence-electron chi connectivity index (χ2n) is 7.68. The molecule has 2 aliphatic heterocycles. The van der Waals surface area contributed by atoms with E-state index >= 15 is 0 Å². The highest BCUT2D eigenvalue weighted by Gasteiger charge is 2.39. The van der Waals surface area contributed by atoms with E-state index in [-0.39, 0.29) is 17.2 Å². The van der Waals surface area contributed by atoms with Crippen LogP contribution in [0.1, 0.15) is 25.3 Å². The van der Waals surface area contributed by atoms with Gasteiger partial charge in [0, 0.05) is 25.2 Å². The third-order valence-electron chi connectivity index (χ3n) is 5.69. The Kier molecular flexibility index (Phi) is 4.19. The minimum atomic E-state index is -0.303. The highest BCUT2D eigenvalue weighted by molar-refractivity contribution is 6.28. The van der Waals surface area contributed by atoms with E-state index in [4.69, 9.17) is 11.6 Å². The van der Waals surface area contributed by atoms with Gasteiger partial charge < -0.3 is 9.80 Å². The fraction of sp³-hybridized carbons (Fsp3) is 0.400. The Balaban J connectivity index is 1.56. The largest absolute Gasteiger partial charge is 0.341 e. The van der Waals surface area contributed by atoms with Crippen LogP contribution in [0.25, 0.3) is 5.65 Å². The van der Waals surface area contributed by atoms with Crippen LogP contribution in [0.5, 0.6) is 0 Å². The van der Waals surface area contributed by atoms with Crippen LogP contribution in [-0.2, 0) is 11.2 Å². The topological polar surface area (TPSA) is 66.6 Å². The van der Waals surface area contributed by atoms with Crippen molar-refractivity contribution in [1.29, 1.82) is 0 Å². The van der Waals surface area contributed by atoms with Crippen molar-refractivity contribution in [3.05, 3.63) is 47.2 Å². The molecule has 1 aromatic carbocycles. The first-order valence-corrected chi connectivity index (χ1v) is 10.0. The molecule has 1 fully saturated rings. The molecule has 1 saturated heterocycles. The molecule has 3 aromatic rings. The molecular formula is C20H21ClN6O. The molecule has 1 unspecified atom stereocenters. The summed E-state index contributed by atoms with van der Waals surface area (Å²) in [6, 6.07) is 11.5. The minimum Gasteiger partial charge on any atom is -0.341 e. The lowest BCUT2D eigenvalue weighted by molar-refractivity contribution is -0.134. The Hall–Kier alpha value is -2.67. The number of piperidine rings is 1. The van der Waals surface area contributed by atoms with Crippen molar-refractivity contribution in [2.45, 2.75) is 32.2 Å². The number of hydrogen-bond donors (Lipinski definition) is 0. The molecule has 0 aliphatic carbocycles. The van der Waals surface area contributed by atoms with Gasteiger partial charge in [0.2, 0.25) is 11.2 Å². The molecule has 1 amide bonds. The van der Waals surface area contributed by atoms with Gasteiger partial charge in [0.1, 0.15) is 6.04 Å². The lowest BCUT2D eigenvalue weighted by Crippen LogP contribution is -2.49. The zero-order valence-electron chi connectivity index (χ0n) is 15.6. The van der Waals surface area contributed by atoms with E-state index in [2.05, 4.69) is 28.3 Å². The van der Waals surface area contributed by atoms with Crippen molar-refractivity contribution in [2.75, 3.05) is 18.0 Å². The van der Waals surface area contributed by atoms with E-state index < -0.39 is 0 Å². The Bertz CT molecular complexity index is 1050.